The molecule has 1 amide bonds. The maximum Gasteiger partial charge on any atom is 0.409 e. The maximum atomic E-state index is 12.0. The summed E-state index contributed by atoms with van der Waals surface area (Å²) in [4.78, 5) is 20.8. The second-order valence-electron chi connectivity index (χ2n) is 7.36. The van der Waals surface area contributed by atoms with Crippen LogP contribution in [0.5, 0.6) is 0 Å². The number of nitriles is 1. The van der Waals surface area contributed by atoms with Crippen LogP contribution in [0.15, 0.2) is 22.8 Å². The smallest absolute Gasteiger partial charge is 0.409 e. The number of pyridine rings is 1. The Morgan fingerprint density at radius 3 is 2.74 bits per heavy atom. The third-order valence-electron chi connectivity index (χ3n) is 5.81. The highest BCUT2D eigenvalue weighted by molar-refractivity contribution is 9.10. The van der Waals surface area contributed by atoms with Crippen molar-refractivity contribution in [3.63, 3.8) is 0 Å². The first kappa shape index (κ1) is 20.1. The lowest BCUT2D eigenvalue weighted by atomic mass is 9.71. The van der Waals surface area contributed by atoms with Gasteiger partial charge in [-0.05, 0) is 67.1 Å². The van der Waals surface area contributed by atoms with Gasteiger partial charge in [-0.15, -0.1) is 0 Å². The number of rotatable bonds is 3. The van der Waals surface area contributed by atoms with Crippen molar-refractivity contribution in [2.24, 2.45) is 0 Å². The summed E-state index contributed by atoms with van der Waals surface area (Å²) < 4.78 is 6.07. The highest BCUT2D eigenvalue weighted by Crippen LogP contribution is 2.40. The molecule has 7 heteroatoms. The lowest BCUT2D eigenvalue weighted by Crippen LogP contribution is -2.44. The molecule has 1 aliphatic carbocycles. The zero-order chi connectivity index (χ0) is 19.3. The van der Waals surface area contributed by atoms with Crippen molar-refractivity contribution < 1.29 is 9.53 Å². The molecule has 27 heavy (non-hydrogen) atoms. The maximum absolute atomic E-state index is 12.0. The van der Waals surface area contributed by atoms with Crippen LogP contribution in [0.1, 0.15) is 44.7 Å². The first-order valence-corrected chi connectivity index (χ1v) is 10.6. The fourth-order valence-electron chi connectivity index (χ4n) is 4.24. The minimum atomic E-state index is -0.472. The van der Waals surface area contributed by atoms with Crippen molar-refractivity contribution in [3.05, 3.63) is 28.5 Å². The number of nitrogens with zero attached hydrogens (tertiary/aromatic N) is 4. The van der Waals surface area contributed by atoms with Gasteiger partial charge in [0.25, 0.3) is 0 Å². The first-order valence-electron chi connectivity index (χ1n) is 9.77. The molecular formula is C20H27BrN4O2. The predicted molar refractivity (Wildman–Crippen MR) is 106 cm³/mol. The molecule has 1 aromatic rings. The normalized spacial score (nSPS) is 26.9. The van der Waals surface area contributed by atoms with Gasteiger partial charge in [0, 0.05) is 42.9 Å². The van der Waals surface area contributed by atoms with Gasteiger partial charge in [-0.25, -0.2) is 4.79 Å². The van der Waals surface area contributed by atoms with Gasteiger partial charge in [0.2, 0.25) is 0 Å². The molecule has 1 saturated carbocycles. The summed E-state index contributed by atoms with van der Waals surface area (Å²) in [7, 11) is 0. The minimum absolute atomic E-state index is 0.201. The van der Waals surface area contributed by atoms with Crippen LogP contribution in [0.2, 0.25) is 0 Å². The Bertz CT molecular complexity index is 680. The first-order chi connectivity index (χ1) is 13.1. The van der Waals surface area contributed by atoms with Gasteiger partial charge >= 0.3 is 6.09 Å². The van der Waals surface area contributed by atoms with Crippen LogP contribution in [0.25, 0.3) is 0 Å². The Balaban J connectivity index is 1.59. The monoisotopic (exact) mass is 434 g/mol. The Morgan fingerprint density at radius 2 is 2.11 bits per heavy atom. The van der Waals surface area contributed by atoms with Crippen molar-refractivity contribution in [1.29, 1.82) is 5.26 Å². The molecule has 2 fully saturated rings. The summed E-state index contributed by atoms with van der Waals surface area (Å²) in [6, 6.07) is 6.97. The molecule has 0 spiro atoms. The fourth-order valence-corrected chi connectivity index (χ4v) is 4.48. The van der Waals surface area contributed by atoms with Gasteiger partial charge in [-0.1, -0.05) is 0 Å². The molecule has 0 bridgehead atoms. The number of hydrogen-bond donors (Lipinski definition) is 0. The zero-order valence-electron chi connectivity index (χ0n) is 15.9. The van der Waals surface area contributed by atoms with Crippen molar-refractivity contribution in [3.8, 4) is 6.07 Å². The van der Waals surface area contributed by atoms with E-state index in [0.29, 0.717) is 19.2 Å². The molecule has 2 aliphatic rings. The Labute approximate surface area is 169 Å². The highest BCUT2D eigenvalue weighted by Gasteiger charge is 2.40. The van der Waals surface area contributed by atoms with Crippen molar-refractivity contribution in [2.45, 2.75) is 50.5 Å². The SMILES string of the molecule is CCOC(=O)N1CCCN(C2CCC(C#N)(c3ccc(Br)cn3)CC2)CC1. The van der Waals surface area contributed by atoms with E-state index >= 15 is 0 Å². The molecule has 1 saturated heterocycles. The van der Waals surface area contributed by atoms with Gasteiger partial charge in [-0.3, -0.25) is 9.88 Å². The van der Waals surface area contributed by atoms with E-state index in [0.717, 1.165) is 61.9 Å². The van der Waals surface area contributed by atoms with Crippen LogP contribution in [0.3, 0.4) is 0 Å². The predicted octanol–water partition coefficient (Wildman–Crippen LogP) is 3.71. The number of aromatic nitrogens is 1. The summed E-state index contributed by atoms with van der Waals surface area (Å²) in [6.45, 7) is 5.60. The molecule has 0 unspecified atom stereocenters. The fraction of sp³-hybridized carbons (Fsp3) is 0.650. The van der Waals surface area contributed by atoms with E-state index in [1.165, 1.54) is 0 Å². The minimum Gasteiger partial charge on any atom is -0.450 e. The molecule has 3 rings (SSSR count). The lowest BCUT2D eigenvalue weighted by molar-refractivity contribution is 0.104. The third kappa shape index (κ3) is 4.61. The van der Waals surface area contributed by atoms with E-state index < -0.39 is 5.41 Å². The van der Waals surface area contributed by atoms with E-state index in [1.807, 2.05) is 24.0 Å². The largest absolute Gasteiger partial charge is 0.450 e. The van der Waals surface area contributed by atoms with Crippen LogP contribution in [0, 0.1) is 11.3 Å². The Morgan fingerprint density at radius 1 is 1.33 bits per heavy atom. The lowest BCUT2D eigenvalue weighted by Gasteiger charge is -2.39. The Kier molecular flexibility index (Phi) is 6.72. The number of halogens is 1. The molecule has 2 heterocycles. The van der Waals surface area contributed by atoms with E-state index in [1.54, 1.807) is 6.20 Å². The number of hydrogen-bond acceptors (Lipinski definition) is 5. The van der Waals surface area contributed by atoms with Crippen molar-refractivity contribution in [1.82, 2.24) is 14.8 Å². The second-order valence-corrected chi connectivity index (χ2v) is 8.28. The molecule has 0 N–H and O–H groups in total. The van der Waals surface area contributed by atoms with Crippen LogP contribution in [-0.2, 0) is 10.2 Å². The van der Waals surface area contributed by atoms with E-state index in [4.69, 9.17) is 4.74 Å². The quantitative estimate of drug-likeness (QED) is 0.724. The topological polar surface area (TPSA) is 69.5 Å². The van der Waals surface area contributed by atoms with Gasteiger partial charge in [-0.2, -0.15) is 5.26 Å². The number of carbonyl (C=O) groups excluding carboxylic acids is 1. The van der Waals surface area contributed by atoms with Crippen LogP contribution in [-0.4, -0.2) is 59.7 Å². The molecule has 1 aliphatic heterocycles. The average Bonchev–Trinajstić information content (AvgIpc) is 2.95. The number of amides is 1. The van der Waals surface area contributed by atoms with Crippen LogP contribution in [0.4, 0.5) is 4.79 Å². The number of carbonyl (C=O) groups is 1. The summed E-state index contributed by atoms with van der Waals surface area (Å²) in [6.07, 6.45) is 6.19. The molecule has 146 valence electrons. The van der Waals surface area contributed by atoms with Crippen LogP contribution < -0.4 is 0 Å². The van der Waals surface area contributed by atoms with Gasteiger partial charge in [0.15, 0.2) is 0 Å². The molecular weight excluding hydrogens is 408 g/mol. The molecule has 0 aromatic carbocycles. The molecule has 0 radical (unpaired) electrons. The van der Waals surface area contributed by atoms with E-state index in [-0.39, 0.29) is 6.09 Å². The summed E-state index contributed by atoms with van der Waals surface area (Å²) in [5.41, 5.74) is 0.413. The standard InChI is InChI=1S/C20H27BrN4O2/c1-2-27-19(26)25-11-3-10-24(12-13-25)17-6-8-20(15-22,9-7-17)18-5-4-16(21)14-23-18/h4-5,14,17H,2-3,6-13H2,1H3. The van der Waals surface area contributed by atoms with E-state index in [2.05, 4.69) is 31.9 Å². The van der Waals surface area contributed by atoms with Crippen LogP contribution >= 0.6 is 15.9 Å². The van der Waals surface area contributed by atoms with Crippen molar-refractivity contribution in [2.75, 3.05) is 32.8 Å². The van der Waals surface area contributed by atoms with Gasteiger partial charge in [0.05, 0.1) is 23.8 Å². The van der Waals surface area contributed by atoms with Gasteiger partial charge < -0.3 is 9.64 Å². The Hall–Kier alpha value is -1.65. The molecule has 6 nitrogen and oxygen atoms in total. The highest BCUT2D eigenvalue weighted by atomic mass is 79.9. The molecule has 1 aromatic heterocycles. The summed E-state index contributed by atoms with van der Waals surface area (Å²) in [5.74, 6) is 0. The molecule has 0 atom stereocenters. The summed E-state index contributed by atoms with van der Waals surface area (Å²) >= 11 is 3.41. The van der Waals surface area contributed by atoms with Gasteiger partial charge in [0.1, 0.15) is 0 Å². The number of ether oxygens (including phenoxy) is 1. The zero-order valence-corrected chi connectivity index (χ0v) is 17.4. The van der Waals surface area contributed by atoms with Crippen molar-refractivity contribution >= 4 is 22.0 Å². The average molecular weight is 435 g/mol. The third-order valence-corrected chi connectivity index (χ3v) is 6.28. The second kappa shape index (κ2) is 9.03. The summed E-state index contributed by atoms with van der Waals surface area (Å²) in [5, 5.41) is 9.88. The van der Waals surface area contributed by atoms with E-state index in [9.17, 15) is 10.1 Å².